The number of aromatic nitrogens is 1. The molecule has 0 saturated carbocycles. The molecule has 1 aliphatic heterocycles. The minimum Gasteiger partial charge on any atom is -0.454 e. The fraction of sp³-hybridized carbons (Fsp3) is 0.250. The van der Waals surface area contributed by atoms with Crippen LogP contribution in [0, 0.1) is 10.1 Å². The number of ether oxygens (including phenoxy) is 2. The average Bonchev–Trinajstić information content (AvgIpc) is 3.08. The first-order valence-corrected chi connectivity index (χ1v) is 6.82. The molecule has 0 amide bonds. The van der Waals surface area contributed by atoms with E-state index < -0.39 is 4.92 Å². The van der Waals surface area contributed by atoms with Crippen molar-refractivity contribution in [3.63, 3.8) is 0 Å². The summed E-state index contributed by atoms with van der Waals surface area (Å²) >= 11 is 1.48. The summed E-state index contributed by atoms with van der Waals surface area (Å²) in [5.41, 5.74) is 2.90. The number of anilines is 1. The lowest BCUT2D eigenvalue weighted by Gasteiger charge is -2.13. The zero-order valence-electron chi connectivity index (χ0n) is 10.5. The van der Waals surface area contributed by atoms with E-state index in [2.05, 4.69) is 10.3 Å². The van der Waals surface area contributed by atoms with E-state index in [0.29, 0.717) is 17.2 Å². The molecule has 0 aliphatic carbocycles. The second kappa shape index (κ2) is 4.97. The van der Waals surface area contributed by atoms with Gasteiger partial charge < -0.3 is 14.8 Å². The van der Waals surface area contributed by atoms with Crippen LogP contribution >= 0.6 is 11.3 Å². The highest BCUT2D eigenvalue weighted by molar-refractivity contribution is 7.07. The van der Waals surface area contributed by atoms with Crippen molar-refractivity contribution in [2.24, 2.45) is 0 Å². The van der Waals surface area contributed by atoms with Gasteiger partial charge in [-0.1, -0.05) is 0 Å². The Morgan fingerprint density at radius 2 is 2.20 bits per heavy atom. The number of hydrogen-bond acceptors (Lipinski definition) is 7. The van der Waals surface area contributed by atoms with E-state index in [-0.39, 0.29) is 18.5 Å². The number of nitrogens with one attached hydrogen (secondary N) is 1. The van der Waals surface area contributed by atoms with E-state index in [9.17, 15) is 10.1 Å². The van der Waals surface area contributed by atoms with Gasteiger partial charge in [-0.3, -0.25) is 10.1 Å². The average molecular weight is 293 g/mol. The smallest absolute Gasteiger partial charge is 0.296 e. The molecule has 8 heteroatoms. The summed E-state index contributed by atoms with van der Waals surface area (Å²) in [4.78, 5) is 14.9. The van der Waals surface area contributed by atoms with Crippen LogP contribution in [0.4, 0.5) is 11.4 Å². The quantitative estimate of drug-likeness (QED) is 0.689. The fourth-order valence-electron chi connectivity index (χ4n) is 1.94. The maximum Gasteiger partial charge on any atom is 0.296 e. The number of thiazole rings is 1. The van der Waals surface area contributed by atoms with Crippen molar-refractivity contribution >= 4 is 22.7 Å². The third-order valence-electron chi connectivity index (χ3n) is 2.95. The Bertz CT molecular complexity index is 644. The Balaban J connectivity index is 1.94. The summed E-state index contributed by atoms with van der Waals surface area (Å²) in [7, 11) is 0. The molecule has 3 rings (SSSR count). The van der Waals surface area contributed by atoms with Crippen molar-refractivity contribution in [3.8, 4) is 11.5 Å². The van der Waals surface area contributed by atoms with E-state index in [4.69, 9.17) is 9.47 Å². The molecule has 1 atom stereocenters. The molecule has 2 aromatic rings. The maximum atomic E-state index is 11.1. The topological polar surface area (TPSA) is 86.5 Å². The fourth-order valence-corrected chi connectivity index (χ4v) is 2.59. The summed E-state index contributed by atoms with van der Waals surface area (Å²) in [5.74, 6) is 0.895. The van der Waals surface area contributed by atoms with Crippen LogP contribution in [0.25, 0.3) is 0 Å². The summed E-state index contributed by atoms with van der Waals surface area (Å²) < 4.78 is 10.4. The first-order valence-electron chi connectivity index (χ1n) is 5.88. The molecule has 1 N–H and O–H groups in total. The van der Waals surface area contributed by atoms with Crippen LogP contribution < -0.4 is 14.8 Å². The van der Waals surface area contributed by atoms with E-state index >= 15 is 0 Å². The first kappa shape index (κ1) is 12.7. The van der Waals surface area contributed by atoms with Gasteiger partial charge in [0.2, 0.25) is 6.79 Å². The maximum absolute atomic E-state index is 11.1. The standard InChI is InChI=1S/C12H11N3O4S/c1-7(9-4-20-5-13-9)14-8-2-11-12(19-6-18-11)3-10(8)15(16)17/h2-5,7,14H,6H2,1H3. The summed E-state index contributed by atoms with van der Waals surface area (Å²) in [6.07, 6.45) is 0. The second-order valence-corrected chi connectivity index (χ2v) is 4.98. The lowest BCUT2D eigenvalue weighted by Crippen LogP contribution is -2.08. The molecule has 1 aromatic carbocycles. The molecule has 0 saturated heterocycles. The van der Waals surface area contributed by atoms with Crippen LogP contribution in [0.3, 0.4) is 0 Å². The number of hydrogen-bond donors (Lipinski definition) is 1. The van der Waals surface area contributed by atoms with Gasteiger partial charge in [0.05, 0.1) is 28.2 Å². The van der Waals surface area contributed by atoms with Crippen molar-refractivity contribution in [3.05, 3.63) is 38.8 Å². The lowest BCUT2D eigenvalue weighted by molar-refractivity contribution is -0.384. The molecule has 0 bridgehead atoms. The van der Waals surface area contributed by atoms with Crippen molar-refractivity contribution in [2.45, 2.75) is 13.0 Å². The molecule has 1 aromatic heterocycles. The minimum absolute atomic E-state index is 0.0451. The van der Waals surface area contributed by atoms with Gasteiger partial charge >= 0.3 is 0 Å². The zero-order chi connectivity index (χ0) is 14.1. The molecule has 1 unspecified atom stereocenters. The molecule has 0 spiro atoms. The van der Waals surface area contributed by atoms with E-state index in [1.807, 2.05) is 12.3 Å². The molecular weight excluding hydrogens is 282 g/mol. The van der Waals surface area contributed by atoms with Gasteiger partial charge in [0.25, 0.3) is 5.69 Å². The Morgan fingerprint density at radius 3 is 2.85 bits per heavy atom. The normalized spacial score (nSPS) is 14.1. The predicted molar refractivity (Wildman–Crippen MR) is 73.4 cm³/mol. The molecule has 20 heavy (non-hydrogen) atoms. The van der Waals surface area contributed by atoms with E-state index in [1.54, 1.807) is 11.6 Å². The number of nitro benzene ring substituents is 1. The van der Waals surface area contributed by atoms with Gasteiger partial charge in [-0.15, -0.1) is 11.3 Å². The van der Waals surface area contributed by atoms with Gasteiger partial charge in [0, 0.05) is 11.4 Å². The Hall–Kier alpha value is -2.35. The number of nitrogens with zero attached hydrogens (tertiary/aromatic N) is 2. The molecule has 104 valence electrons. The Kier molecular flexibility index (Phi) is 3.15. The number of benzene rings is 1. The highest BCUT2D eigenvalue weighted by Gasteiger charge is 2.24. The summed E-state index contributed by atoms with van der Waals surface area (Å²) in [5, 5.41) is 16.1. The molecule has 7 nitrogen and oxygen atoms in total. The number of nitro groups is 1. The van der Waals surface area contributed by atoms with Crippen LogP contribution in [0.5, 0.6) is 11.5 Å². The first-order chi connectivity index (χ1) is 9.65. The van der Waals surface area contributed by atoms with Crippen molar-refractivity contribution in [1.29, 1.82) is 0 Å². The van der Waals surface area contributed by atoms with Gasteiger partial charge in [0.15, 0.2) is 11.5 Å². The molecule has 1 aliphatic rings. The van der Waals surface area contributed by atoms with Crippen molar-refractivity contribution in [2.75, 3.05) is 12.1 Å². The third-order valence-corrected chi connectivity index (χ3v) is 3.56. The van der Waals surface area contributed by atoms with Crippen LogP contribution in [0.2, 0.25) is 0 Å². The number of fused-ring (bicyclic) bond motifs is 1. The summed E-state index contributed by atoms with van der Waals surface area (Å²) in [6.45, 7) is 1.97. The van der Waals surface area contributed by atoms with Crippen molar-refractivity contribution < 1.29 is 14.4 Å². The highest BCUT2D eigenvalue weighted by Crippen LogP contribution is 2.41. The SMILES string of the molecule is CC(Nc1cc2c(cc1[N+](=O)[O-])OCO2)c1cscn1. The van der Waals surface area contributed by atoms with Gasteiger partial charge in [-0.2, -0.15) is 0 Å². The Labute approximate surface area is 118 Å². The van der Waals surface area contributed by atoms with Gasteiger partial charge in [-0.25, -0.2) is 4.98 Å². The van der Waals surface area contributed by atoms with Crippen molar-refractivity contribution in [1.82, 2.24) is 4.98 Å². The summed E-state index contributed by atoms with van der Waals surface area (Å²) in [6, 6.07) is 2.82. The van der Waals surface area contributed by atoms with Crippen LogP contribution in [0.1, 0.15) is 18.7 Å². The predicted octanol–water partition coefficient (Wildman–Crippen LogP) is 2.95. The van der Waals surface area contributed by atoms with Crippen LogP contribution in [0.15, 0.2) is 23.0 Å². The van der Waals surface area contributed by atoms with Crippen LogP contribution in [-0.4, -0.2) is 16.7 Å². The van der Waals surface area contributed by atoms with E-state index in [1.165, 1.54) is 17.4 Å². The highest BCUT2D eigenvalue weighted by atomic mass is 32.1. The zero-order valence-corrected chi connectivity index (χ0v) is 11.3. The molecule has 0 fully saturated rings. The minimum atomic E-state index is -0.446. The molecule has 2 heterocycles. The number of rotatable bonds is 4. The monoisotopic (exact) mass is 293 g/mol. The largest absolute Gasteiger partial charge is 0.454 e. The van der Waals surface area contributed by atoms with Gasteiger partial charge in [-0.05, 0) is 6.92 Å². The molecular formula is C12H11N3O4S. The third kappa shape index (κ3) is 2.25. The lowest BCUT2D eigenvalue weighted by atomic mass is 10.2. The Morgan fingerprint density at radius 1 is 1.45 bits per heavy atom. The second-order valence-electron chi connectivity index (χ2n) is 4.26. The van der Waals surface area contributed by atoms with Gasteiger partial charge in [0.1, 0.15) is 5.69 Å². The van der Waals surface area contributed by atoms with Crippen LogP contribution in [-0.2, 0) is 0 Å². The van der Waals surface area contributed by atoms with E-state index in [0.717, 1.165) is 5.69 Å². The molecule has 0 radical (unpaired) electrons.